The monoisotopic (exact) mass is 591 g/mol. The van der Waals surface area contributed by atoms with E-state index in [1.807, 2.05) is 61.7 Å². The van der Waals surface area contributed by atoms with Crippen molar-refractivity contribution >= 4 is 5.97 Å². The Morgan fingerprint density at radius 3 is 2.44 bits per heavy atom. The summed E-state index contributed by atoms with van der Waals surface area (Å²) in [7, 11) is 0. The van der Waals surface area contributed by atoms with Gasteiger partial charge < -0.3 is 20.1 Å². The predicted molar refractivity (Wildman–Crippen MR) is 154 cm³/mol. The van der Waals surface area contributed by atoms with Gasteiger partial charge in [-0.1, -0.05) is 48.5 Å². The summed E-state index contributed by atoms with van der Waals surface area (Å²) >= 11 is 0. The van der Waals surface area contributed by atoms with Crippen molar-refractivity contribution in [2.45, 2.75) is 51.8 Å². The van der Waals surface area contributed by atoms with Crippen molar-refractivity contribution in [2.24, 2.45) is 5.73 Å². The number of alkyl halides is 3. The Morgan fingerprint density at radius 1 is 1.07 bits per heavy atom. The standard InChI is InChI=1S/C18H16F3NO3.C14H16N4/c19-18(20,21)25-15-7-3-4-12(8-15)10-22-11-14-6-2-1-5-13(14)9-16(22)17(23)24;1-11-17-9-14(6-7-15)18(11)10-13-4-2-12(8-16)3-5-13/h1-8,16H,9-11H2,(H,23,24);2-5,9H,6-7,10,15H2,1H3/t16-;/m0./s1. The first-order chi connectivity index (χ1) is 20.6. The van der Waals surface area contributed by atoms with E-state index in [4.69, 9.17) is 11.0 Å². The second-order valence-electron chi connectivity index (χ2n) is 10.2. The van der Waals surface area contributed by atoms with Gasteiger partial charge in [-0.3, -0.25) is 9.69 Å². The number of carboxylic acids is 1. The summed E-state index contributed by atoms with van der Waals surface area (Å²) in [4.78, 5) is 17.7. The number of hydrogen-bond donors (Lipinski definition) is 2. The number of aliphatic carboxylic acids is 1. The number of carbonyl (C=O) groups is 1. The van der Waals surface area contributed by atoms with Crippen molar-refractivity contribution in [3.63, 3.8) is 0 Å². The third kappa shape index (κ3) is 8.67. The smallest absolute Gasteiger partial charge is 0.480 e. The zero-order valence-corrected chi connectivity index (χ0v) is 23.6. The number of halogens is 3. The largest absolute Gasteiger partial charge is 0.573 e. The molecule has 2 heterocycles. The fourth-order valence-corrected chi connectivity index (χ4v) is 5.01. The molecule has 1 aliphatic rings. The minimum Gasteiger partial charge on any atom is -0.480 e. The summed E-state index contributed by atoms with van der Waals surface area (Å²) < 4.78 is 43.2. The molecule has 1 aliphatic heterocycles. The Balaban J connectivity index is 0.000000208. The molecule has 3 aromatic carbocycles. The summed E-state index contributed by atoms with van der Waals surface area (Å²) in [6, 6.07) is 22.2. The Morgan fingerprint density at radius 2 is 1.79 bits per heavy atom. The number of aromatic nitrogens is 2. The topological polar surface area (TPSA) is 117 Å². The molecule has 0 spiro atoms. The molecule has 1 atom stereocenters. The third-order valence-electron chi connectivity index (χ3n) is 7.11. The lowest BCUT2D eigenvalue weighted by Crippen LogP contribution is -2.45. The molecule has 4 aromatic rings. The Kier molecular flexibility index (Phi) is 10.2. The maximum atomic E-state index is 12.4. The summed E-state index contributed by atoms with van der Waals surface area (Å²) in [6.07, 6.45) is -1.68. The second-order valence-corrected chi connectivity index (χ2v) is 10.2. The number of nitrogens with zero attached hydrogens (tertiary/aromatic N) is 4. The van der Waals surface area contributed by atoms with Crippen LogP contribution in [0.15, 0.2) is 79.0 Å². The zero-order chi connectivity index (χ0) is 31.0. The lowest BCUT2D eigenvalue weighted by atomic mass is 9.93. The average molecular weight is 592 g/mol. The average Bonchev–Trinajstić information content (AvgIpc) is 3.31. The van der Waals surface area contributed by atoms with Gasteiger partial charge in [0.05, 0.1) is 11.6 Å². The van der Waals surface area contributed by atoms with Crippen LogP contribution in [0.5, 0.6) is 5.75 Å². The van der Waals surface area contributed by atoms with E-state index in [1.54, 1.807) is 11.0 Å². The highest BCUT2D eigenvalue weighted by Crippen LogP contribution is 2.27. The molecule has 0 bridgehead atoms. The van der Waals surface area contributed by atoms with Crippen LogP contribution >= 0.6 is 0 Å². The number of ether oxygens (including phenoxy) is 1. The first kappa shape index (κ1) is 31.3. The molecule has 11 heteroatoms. The van der Waals surface area contributed by atoms with Gasteiger partial charge in [-0.25, -0.2) is 4.98 Å². The van der Waals surface area contributed by atoms with E-state index in [1.165, 1.54) is 18.2 Å². The molecule has 224 valence electrons. The number of fused-ring (bicyclic) bond motifs is 1. The van der Waals surface area contributed by atoms with Gasteiger partial charge in [0.1, 0.15) is 17.6 Å². The summed E-state index contributed by atoms with van der Waals surface area (Å²) in [5.41, 5.74) is 11.2. The van der Waals surface area contributed by atoms with Crippen LogP contribution in [0, 0.1) is 18.3 Å². The molecule has 0 amide bonds. The first-order valence-corrected chi connectivity index (χ1v) is 13.6. The fraction of sp³-hybridized carbons (Fsp3) is 0.281. The number of nitrogens with two attached hydrogens (primary N) is 1. The summed E-state index contributed by atoms with van der Waals surface area (Å²) in [5, 5.41) is 18.3. The van der Waals surface area contributed by atoms with Crippen LogP contribution in [-0.2, 0) is 37.3 Å². The van der Waals surface area contributed by atoms with Gasteiger partial charge in [-0.05, 0) is 66.4 Å². The van der Waals surface area contributed by atoms with Crippen molar-refractivity contribution in [3.8, 4) is 11.8 Å². The summed E-state index contributed by atoms with van der Waals surface area (Å²) in [6.45, 7) is 4.03. The van der Waals surface area contributed by atoms with Gasteiger partial charge in [-0.2, -0.15) is 5.26 Å². The van der Waals surface area contributed by atoms with Gasteiger partial charge in [0.15, 0.2) is 0 Å². The minimum atomic E-state index is -4.76. The first-order valence-electron chi connectivity index (χ1n) is 13.6. The van der Waals surface area contributed by atoms with Crippen molar-refractivity contribution in [1.29, 1.82) is 5.26 Å². The van der Waals surface area contributed by atoms with Gasteiger partial charge in [-0.15, -0.1) is 13.2 Å². The number of rotatable bonds is 8. The van der Waals surface area contributed by atoms with Crippen LogP contribution in [0.1, 0.15) is 39.3 Å². The van der Waals surface area contributed by atoms with E-state index >= 15 is 0 Å². The number of nitriles is 1. The molecule has 0 saturated carbocycles. The molecule has 0 radical (unpaired) electrons. The molecule has 0 saturated heterocycles. The Labute approximate surface area is 247 Å². The molecule has 0 unspecified atom stereocenters. The maximum absolute atomic E-state index is 12.4. The van der Waals surface area contributed by atoms with E-state index in [2.05, 4.69) is 20.4 Å². The van der Waals surface area contributed by atoms with E-state index < -0.39 is 18.4 Å². The molecule has 3 N–H and O–H groups in total. The van der Waals surface area contributed by atoms with Crippen molar-refractivity contribution in [1.82, 2.24) is 14.5 Å². The highest BCUT2D eigenvalue weighted by molar-refractivity contribution is 5.74. The normalized spacial score (nSPS) is 14.7. The maximum Gasteiger partial charge on any atom is 0.573 e. The predicted octanol–water partition coefficient (Wildman–Crippen LogP) is 5.21. The quantitative estimate of drug-likeness (QED) is 0.289. The number of benzene rings is 3. The number of imidazole rings is 1. The van der Waals surface area contributed by atoms with E-state index in [9.17, 15) is 23.1 Å². The molecule has 8 nitrogen and oxygen atoms in total. The van der Waals surface area contributed by atoms with Gasteiger partial charge >= 0.3 is 12.3 Å². The Bertz CT molecular complexity index is 1580. The second kappa shape index (κ2) is 14.0. The lowest BCUT2D eigenvalue weighted by molar-refractivity contribution is -0.274. The van der Waals surface area contributed by atoms with Crippen LogP contribution in [0.2, 0.25) is 0 Å². The van der Waals surface area contributed by atoms with Crippen LogP contribution in [0.25, 0.3) is 0 Å². The van der Waals surface area contributed by atoms with Crippen LogP contribution in [0.4, 0.5) is 13.2 Å². The van der Waals surface area contributed by atoms with Crippen molar-refractivity contribution in [3.05, 3.63) is 118 Å². The van der Waals surface area contributed by atoms with E-state index in [0.29, 0.717) is 30.6 Å². The highest BCUT2D eigenvalue weighted by Gasteiger charge is 2.33. The molecule has 0 fully saturated rings. The zero-order valence-electron chi connectivity index (χ0n) is 23.6. The number of carboxylic acid groups (broad SMARTS) is 1. The van der Waals surface area contributed by atoms with E-state index in [-0.39, 0.29) is 12.3 Å². The van der Waals surface area contributed by atoms with Gasteiger partial charge in [0, 0.05) is 37.9 Å². The molecular weight excluding hydrogens is 559 g/mol. The molecule has 43 heavy (non-hydrogen) atoms. The van der Waals surface area contributed by atoms with E-state index in [0.717, 1.165) is 41.2 Å². The molecule has 5 rings (SSSR count). The number of aryl methyl sites for hydroxylation is 1. The molecule has 0 aliphatic carbocycles. The minimum absolute atomic E-state index is 0.223. The third-order valence-corrected chi connectivity index (χ3v) is 7.11. The van der Waals surface area contributed by atoms with Gasteiger partial charge in [0.25, 0.3) is 0 Å². The van der Waals surface area contributed by atoms with Crippen molar-refractivity contribution < 1.29 is 27.8 Å². The van der Waals surface area contributed by atoms with Crippen molar-refractivity contribution in [2.75, 3.05) is 6.54 Å². The van der Waals surface area contributed by atoms with Gasteiger partial charge in [0.2, 0.25) is 0 Å². The van der Waals surface area contributed by atoms with Crippen LogP contribution < -0.4 is 10.5 Å². The van der Waals surface area contributed by atoms with Crippen LogP contribution in [-0.4, -0.2) is 44.5 Å². The SMILES string of the molecule is Cc1ncc(CCN)n1Cc1ccc(C#N)cc1.O=C(O)[C@@H]1Cc2ccccc2CN1Cc1cccc(OC(F)(F)F)c1. The molecular formula is C32H32F3N5O3. The Hall–Kier alpha value is -4.66. The lowest BCUT2D eigenvalue weighted by Gasteiger charge is -2.34. The summed E-state index contributed by atoms with van der Waals surface area (Å²) in [5.74, 6) is -0.269. The fourth-order valence-electron chi connectivity index (χ4n) is 5.01. The highest BCUT2D eigenvalue weighted by atomic mass is 19.4. The molecule has 1 aromatic heterocycles. The van der Waals surface area contributed by atoms with Crippen LogP contribution in [0.3, 0.4) is 0 Å². The number of hydrogen-bond acceptors (Lipinski definition) is 6.